The van der Waals surface area contributed by atoms with Crippen LogP contribution in [-0.2, 0) is 5.41 Å². The van der Waals surface area contributed by atoms with E-state index in [-0.39, 0.29) is 17.8 Å². The molecule has 0 spiro atoms. The van der Waals surface area contributed by atoms with Gasteiger partial charge in [-0.15, -0.1) is 0 Å². The maximum absolute atomic E-state index is 12.9. The maximum Gasteiger partial charge on any atom is 0.137 e. The molecule has 0 amide bonds. The lowest BCUT2D eigenvalue weighted by molar-refractivity contribution is 0.249. The molecule has 19 heavy (non-hydrogen) atoms. The molecule has 0 bridgehead atoms. The lowest BCUT2D eigenvalue weighted by Crippen LogP contribution is -2.17. The number of aliphatic hydroxyl groups excluding tert-OH is 1. The molecule has 3 rings (SSSR count). The van der Waals surface area contributed by atoms with Crippen molar-refractivity contribution in [2.45, 2.75) is 25.2 Å². The van der Waals surface area contributed by atoms with Gasteiger partial charge in [0.15, 0.2) is 0 Å². The van der Waals surface area contributed by atoms with Gasteiger partial charge in [0.2, 0.25) is 0 Å². The highest BCUT2D eigenvalue weighted by Crippen LogP contribution is 2.46. The first-order chi connectivity index (χ1) is 9.13. The van der Waals surface area contributed by atoms with Crippen molar-refractivity contribution in [1.82, 2.24) is 9.97 Å². The summed E-state index contributed by atoms with van der Waals surface area (Å²) < 4.78 is 12.9. The number of hydrogen-bond acceptors (Lipinski definition) is 3. The van der Waals surface area contributed by atoms with Crippen LogP contribution >= 0.6 is 0 Å². The van der Waals surface area contributed by atoms with Crippen molar-refractivity contribution in [2.24, 2.45) is 0 Å². The van der Waals surface area contributed by atoms with Gasteiger partial charge < -0.3 is 5.11 Å². The molecule has 98 valence electrons. The summed E-state index contributed by atoms with van der Waals surface area (Å²) in [5, 5.41) is 9.47. The van der Waals surface area contributed by atoms with Gasteiger partial charge in [0.05, 0.1) is 17.7 Å². The second-order valence-corrected chi connectivity index (χ2v) is 5.16. The van der Waals surface area contributed by atoms with E-state index >= 15 is 0 Å². The Kier molecular flexibility index (Phi) is 2.82. The molecule has 3 nitrogen and oxygen atoms in total. The van der Waals surface area contributed by atoms with Crippen molar-refractivity contribution in [3.05, 3.63) is 47.7 Å². The van der Waals surface area contributed by atoms with Gasteiger partial charge in [0.25, 0.3) is 0 Å². The van der Waals surface area contributed by atoms with Crippen LogP contribution in [0.25, 0.3) is 11.3 Å². The predicted molar refractivity (Wildman–Crippen MR) is 70.2 cm³/mol. The molecule has 0 aliphatic heterocycles. The molecule has 1 aliphatic rings. The Balaban J connectivity index is 2.05. The van der Waals surface area contributed by atoms with Gasteiger partial charge in [-0.3, -0.25) is 0 Å². The van der Waals surface area contributed by atoms with E-state index in [0.29, 0.717) is 5.82 Å². The fraction of sp³-hybridized carbons (Fsp3) is 0.333. The highest BCUT2D eigenvalue weighted by atomic mass is 19.1. The van der Waals surface area contributed by atoms with Crippen molar-refractivity contribution in [3.8, 4) is 11.3 Å². The van der Waals surface area contributed by atoms with Crippen LogP contribution in [0, 0.1) is 12.7 Å². The summed E-state index contributed by atoms with van der Waals surface area (Å²) in [6, 6.07) is 8.14. The van der Waals surface area contributed by atoms with Crippen molar-refractivity contribution in [2.75, 3.05) is 6.61 Å². The molecule has 0 saturated heterocycles. The molecule has 1 saturated carbocycles. The molecular weight excluding hydrogens is 243 g/mol. The minimum Gasteiger partial charge on any atom is -0.395 e. The number of nitrogens with zero attached hydrogens (tertiary/aromatic N) is 2. The van der Waals surface area contributed by atoms with E-state index in [2.05, 4.69) is 9.97 Å². The van der Waals surface area contributed by atoms with Crippen molar-refractivity contribution >= 4 is 0 Å². The smallest absolute Gasteiger partial charge is 0.137 e. The minimum absolute atomic E-state index is 0.0826. The van der Waals surface area contributed by atoms with Crippen LogP contribution in [-0.4, -0.2) is 21.7 Å². The van der Waals surface area contributed by atoms with Crippen LogP contribution in [0.1, 0.15) is 24.4 Å². The van der Waals surface area contributed by atoms with E-state index in [1.807, 2.05) is 13.0 Å². The molecule has 1 N–H and O–H groups in total. The molecule has 1 aliphatic carbocycles. The molecule has 0 unspecified atom stereocenters. The van der Waals surface area contributed by atoms with Crippen LogP contribution < -0.4 is 0 Å². The van der Waals surface area contributed by atoms with E-state index in [1.54, 1.807) is 12.1 Å². The summed E-state index contributed by atoms with van der Waals surface area (Å²) in [5.41, 5.74) is 2.26. The lowest BCUT2D eigenvalue weighted by atomic mass is 10.1. The second-order valence-electron chi connectivity index (χ2n) is 5.16. The quantitative estimate of drug-likeness (QED) is 0.920. The number of aromatic nitrogens is 2. The minimum atomic E-state index is -0.260. The Labute approximate surface area is 111 Å². The third kappa shape index (κ3) is 2.24. The van der Waals surface area contributed by atoms with E-state index in [9.17, 15) is 9.50 Å². The predicted octanol–water partition coefficient (Wildman–Crippen LogP) is 2.62. The Hall–Kier alpha value is -1.81. The van der Waals surface area contributed by atoms with Crippen molar-refractivity contribution in [1.29, 1.82) is 0 Å². The number of benzene rings is 1. The number of aliphatic hydroxyl groups is 1. The Bertz CT molecular complexity index is 606. The molecular formula is C15H15FN2O. The summed E-state index contributed by atoms with van der Waals surface area (Å²) in [5.74, 6) is 0.443. The first-order valence-corrected chi connectivity index (χ1v) is 6.36. The van der Waals surface area contributed by atoms with Crippen LogP contribution in [0.3, 0.4) is 0 Å². The molecule has 4 heteroatoms. The van der Waals surface area contributed by atoms with Crippen molar-refractivity contribution < 1.29 is 9.50 Å². The summed E-state index contributed by atoms with van der Waals surface area (Å²) in [6.45, 7) is 1.99. The Morgan fingerprint density at radius 2 is 1.89 bits per heavy atom. The standard InChI is InChI=1S/C15H15FN2O/c1-10-8-13(11-2-4-12(16)5-3-11)18-14(17-10)15(9-19)6-7-15/h2-5,8,19H,6-7,9H2,1H3. The topological polar surface area (TPSA) is 46.0 Å². The van der Waals surface area contributed by atoms with Gasteiger partial charge in [0, 0.05) is 11.3 Å². The number of rotatable bonds is 3. The van der Waals surface area contributed by atoms with Gasteiger partial charge in [-0.05, 0) is 50.1 Å². The number of aryl methyl sites for hydroxylation is 1. The second kappa shape index (κ2) is 4.38. The first kappa shape index (κ1) is 12.2. The molecule has 1 heterocycles. The highest BCUT2D eigenvalue weighted by Gasteiger charge is 2.46. The van der Waals surface area contributed by atoms with Crippen molar-refractivity contribution in [3.63, 3.8) is 0 Å². The van der Waals surface area contributed by atoms with E-state index in [4.69, 9.17) is 0 Å². The maximum atomic E-state index is 12.9. The first-order valence-electron chi connectivity index (χ1n) is 6.36. The zero-order valence-corrected chi connectivity index (χ0v) is 10.7. The zero-order valence-electron chi connectivity index (χ0n) is 10.7. The van der Waals surface area contributed by atoms with Gasteiger partial charge in [0.1, 0.15) is 11.6 Å². The summed E-state index contributed by atoms with van der Waals surface area (Å²) >= 11 is 0. The third-order valence-electron chi connectivity index (χ3n) is 3.62. The summed E-state index contributed by atoms with van der Waals surface area (Å²) in [6.07, 6.45) is 1.85. The largest absolute Gasteiger partial charge is 0.395 e. The fourth-order valence-electron chi connectivity index (χ4n) is 2.18. The SMILES string of the molecule is Cc1cc(-c2ccc(F)cc2)nc(C2(CO)CC2)n1. The third-order valence-corrected chi connectivity index (χ3v) is 3.62. The molecule has 0 radical (unpaired) electrons. The molecule has 1 aromatic heterocycles. The molecule has 2 aromatic rings. The fourth-order valence-corrected chi connectivity index (χ4v) is 2.18. The average molecular weight is 258 g/mol. The number of halogens is 1. The molecule has 1 fully saturated rings. The highest BCUT2D eigenvalue weighted by molar-refractivity contribution is 5.59. The van der Waals surface area contributed by atoms with Gasteiger partial charge >= 0.3 is 0 Å². The van der Waals surface area contributed by atoms with E-state index < -0.39 is 0 Å². The van der Waals surface area contributed by atoms with E-state index in [0.717, 1.165) is 29.8 Å². The molecule has 1 aromatic carbocycles. The summed E-state index contributed by atoms with van der Waals surface area (Å²) in [4.78, 5) is 8.98. The molecule has 0 atom stereocenters. The lowest BCUT2D eigenvalue weighted by Gasteiger charge is -2.12. The van der Waals surface area contributed by atoms with E-state index in [1.165, 1.54) is 12.1 Å². The number of hydrogen-bond donors (Lipinski definition) is 1. The average Bonchev–Trinajstić information content (AvgIpc) is 3.20. The summed E-state index contributed by atoms with van der Waals surface area (Å²) in [7, 11) is 0. The van der Waals surface area contributed by atoms with Crippen LogP contribution in [0.4, 0.5) is 4.39 Å². The van der Waals surface area contributed by atoms with Crippen LogP contribution in [0.2, 0.25) is 0 Å². The normalized spacial score (nSPS) is 16.4. The zero-order chi connectivity index (χ0) is 13.5. The van der Waals surface area contributed by atoms with Gasteiger partial charge in [-0.2, -0.15) is 0 Å². The monoisotopic (exact) mass is 258 g/mol. The van der Waals surface area contributed by atoms with Crippen LogP contribution in [0.15, 0.2) is 30.3 Å². The Morgan fingerprint density at radius 1 is 1.21 bits per heavy atom. The van der Waals surface area contributed by atoms with Gasteiger partial charge in [-0.25, -0.2) is 14.4 Å². The van der Waals surface area contributed by atoms with Crippen LogP contribution in [0.5, 0.6) is 0 Å². The Morgan fingerprint density at radius 3 is 2.47 bits per heavy atom. The van der Waals surface area contributed by atoms with Gasteiger partial charge in [-0.1, -0.05) is 0 Å².